The fraction of sp³-hybridized carbons (Fsp3) is 0.429. The van der Waals surface area contributed by atoms with Gasteiger partial charge in [-0.25, -0.2) is 0 Å². The standard InChI is InChI=1S/C14H15ClF3N5O2/c1-13(2,12(25)19-10(6-24)14(16,17)18)7-3-4-8(9(15)5-7)11-20-22-23-21-11/h3-5,10,24H,6H2,1-2H3,(H,19,25)(H,20,21,22,23). The monoisotopic (exact) mass is 377 g/mol. The molecule has 136 valence electrons. The third kappa shape index (κ3) is 4.07. The summed E-state index contributed by atoms with van der Waals surface area (Å²) in [6.07, 6.45) is -4.75. The van der Waals surface area contributed by atoms with E-state index in [0.29, 0.717) is 11.1 Å². The van der Waals surface area contributed by atoms with Crippen LogP contribution in [0.5, 0.6) is 0 Å². The van der Waals surface area contributed by atoms with Crippen molar-refractivity contribution >= 4 is 17.5 Å². The smallest absolute Gasteiger partial charge is 0.394 e. The number of rotatable bonds is 5. The number of benzene rings is 1. The lowest BCUT2D eigenvalue weighted by Gasteiger charge is -2.28. The molecule has 1 aromatic carbocycles. The molecule has 0 aliphatic heterocycles. The van der Waals surface area contributed by atoms with Gasteiger partial charge in [-0.05, 0) is 36.8 Å². The highest BCUT2D eigenvalue weighted by molar-refractivity contribution is 6.33. The Hall–Kier alpha value is -2.20. The molecule has 0 fully saturated rings. The van der Waals surface area contributed by atoms with E-state index in [0.717, 1.165) is 0 Å². The van der Waals surface area contributed by atoms with Gasteiger partial charge < -0.3 is 10.4 Å². The summed E-state index contributed by atoms with van der Waals surface area (Å²) in [6.45, 7) is 1.66. The summed E-state index contributed by atoms with van der Waals surface area (Å²) >= 11 is 6.16. The fourth-order valence-electron chi connectivity index (χ4n) is 2.06. The zero-order valence-electron chi connectivity index (χ0n) is 13.2. The van der Waals surface area contributed by atoms with Crippen molar-refractivity contribution in [3.05, 3.63) is 28.8 Å². The van der Waals surface area contributed by atoms with Crippen LogP contribution in [0.3, 0.4) is 0 Å². The second kappa shape index (κ2) is 6.96. The average molecular weight is 378 g/mol. The van der Waals surface area contributed by atoms with Gasteiger partial charge in [-0.2, -0.15) is 18.4 Å². The van der Waals surface area contributed by atoms with Crippen LogP contribution in [0.1, 0.15) is 19.4 Å². The Bertz CT molecular complexity index is 749. The number of H-pyrrole nitrogens is 1. The number of aromatic nitrogens is 4. The minimum atomic E-state index is -4.75. The molecule has 1 aromatic heterocycles. The summed E-state index contributed by atoms with van der Waals surface area (Å²) < 4.78 is 38.2. The van der Waals surface area contributed by atoms with Gasteiger partial charge in [0.1, 0.15) is 6.04 Å². The fourth-order valence-corrected chi connectivity index (χ4v) is 2.33. The molecule has 11 heteroatoms. The van der Waals surface area contributed by atoms with Gasteiger partial charge in [-0.3, -0.25) is 4.79 Å². The number of amides is 1. The molecular weight excluding hydrogens is 363 g/mol. The quantitative estimate of drug-likeness (QED) is 0.737. The predicted molar refractivity (Wildman–Crippen MR) is 82.7 cm³/mol. The van der Waals surface area contributed by atoms with E-state index in [-0.39, 0.29) is 10.8 Å². The molecule has 7 nitrogen and oxygen atoms in total. The summed E-state index contributed by atoms with van der Waals surface area (Å²) in [5.41, 5.74) is -0.474. The number of carbonyl (C=O) groups excluding carboxylic acids is 1. The van der Waals surface area contributed by atoms with Gasteiger partial charge in [0.2, 0.25) is 11.7 Å². The SMILES string of the molecule is CC(C)(C(=O)NC(CO)C(F)(F)F)c1ccc(-c2nn[nH]n2)c(Cl)c1. The summed E-state index contributed by atoms with van der Waals surface area (Å²) in [6, 6.07) is 2.20. The normalized spacial score (nSPS) is 13.6. The first kappa shape index (κ1) is 19.1. The maximum absolute atomic E-state index is 12.7. The molecule has 3 N–H and O–H groups in total. The third-order valence-corrected chi connectivity index (χ3v) is 4.04. The Labute approximate surface area is 145 Å². The van der Waals surface area contributed by atoms with Crippen LogP contribution in [0.2, 0.25) is 5.02 Å². The van der Waals surface area contributed by atoms with Crippen molar-refractivity contribution < 1.29 is 23.1 Å². The highest BCUT2D eigenvalue weighted by Gasteiger charge is 2.42. The minimum Gasteiger partial charge on any atom is -0.394 e. The van der Waals surface area contributed by atoms with Crippen molar-refractivity contribution in [3.8, 4) is 11.4 Å². The van der Waals surface area contributed by atoms with Crippen LogP contribution in [-0.2, 0) is 10.2 Å². The first-order chi connectivity index (χ1) is 11.6. The Morgan fingerprint density at radius 3 is 2.56 bits per heavy atom. The van der Waals surface area contributed by atoms with Gasteiger partial charge in [0, 0.05) is 5.56 Å². The number of hydrogen-bond acceptors (Lipinski definition) is 5. The summed E-state index contributed by atoms with van der Waals surface area (Å²) in [5.74, 6) is -0.650. The van der Waals surface area contributed by atoms with Crippen LogP contribution in [0.15, 0.2) is 18.2 Å². The van der Waals surface area contributed by atoms with E-state index in [1.807, 2.05) is 5.32 Å². The first-order valence-corrected chi connectivity index (χ1v) is 7.47. The highest BCUT2D eigenvalue weighted by atomic mass is 35.5. The van der Waals surface area contributed by atoms with Crippen molar-refractivity contribution in [3.63, 3.8) is 0 Å². The Balaban J connectivity index is 2.27. The number of aromatic amines is 1. The molecule has 25 heavy (non-hydrogen) atoms. The van der Waals surface area contributed by atoms with E-state index in [4.69, 9.17) is 16.7 Å². The Morgan fingerprint density at radius 2 is 2.08 bits per heavy atom. The average Bonchev–Trinajstić information content (AvgIpc) is 3.04. The van der Waals surface area contributed by atoms with E-state index >= 15 is 0 Å². The Morgan fingerprint density at radius 1 is 1.40 bits per heavy atom. The molecule has 1 atom stereocenters. The summed E-state index contributed by atoms with van der Waals surface area (Å²) in [5, 5.41) is 24.1. The van der Waals surface area contributed by atoms with Crippen LogP contribution in [0, 0.1) is 0 Å². The molecule has 0 bridgehead atoms. The number of aliphatic hydroxyl groups excluding tert-OH is 1. The summed E-state index contributed by atoms with van der Waals surface area (Å²) in [4.78, 5) is 12.3. The number of nitrogens with one attached hydrogen (secondary N) is 2. The largest absolute Gasteiger partial charge is 0.410 e. The lowest BCUT2D eigenvalue weighted by Crippen LogP contribution is -2.52. The van der Waals surface area contributed by atoms with Crippen LogP contribution >= 0.6 is 11.6 Å². The molecule has 0 spiro atoms. The number of nitrogens with zero attached hydrogens (tertiary/aromatic N) is 3. The van der Waals surface area contributed by atoms with Gasteiger partial charge in [-0.15, -0.1) is 10.2 Å². The number of carbonyl (C=O) groups is 1. The lowest BCUT2D eigenvalue weighted by atomic mass is 9.83. The van der Waals surface area contributed by atoms with E-state index in [9.17, 15) is 18.0 Å². The molecule has 0 saturated carbocycles. The number of hydrogen-bond donors (Lipinski definition) is 3. The van der Waals surface area contributed by atoms with Crippen molar-refractivity contribution in [1.29, 1.82) is 0 Å². The lowest BCUT2D eigenvalue weighted by molar-refractivity contribution is -0.169. The summed E-state index contributed by atoms with van der Waals surface area (Å²) in [7, 11) is 0. The van der Waals surface area contributed by atoms with Crippen molar-refractivity contribution in [2.75, 3.05) is 6.61 Å². The van der Waals surface area contributed by atoms with E-state index in [2.05, 4.69) is 20.6 Å². The van der Waals surface area contributed by atoms with Crippen molar-refractivity contribution in [1.82, 2.24) is 25.9 Å². The topological polar surface area (TPSA) is 104 Å². The molecule has 0 saturated heterocycles. The van der Waals surface area contributed by atoms with Crippen molar-refractivity contribution in [2.24, 2.45) is 0 Å². The maximum atomic E-state index is 12.7. The maximum Gasteiger partial charge on any atom is 0.410 e. The van der Waals surface area contributed by atoms with Gasteiger partial charge in [0.25, 0.3) is 0 Å². The molecule has 0 aliphatic rings. The van der Waals surface area contributed by atoms with Crippen LogP contribution in [0.25, 0.3) is 11.4 Å². The molecule has 1 unspecified atom stereocenters. The van der Waals surface area contributed by atoms with Gasteiger partial charge in [0.15, 0.2) is 0 Å². The zero-order chi connectivity index (χ0) is 18.8. The number of halogens is 4. The highest BCUT2D eigenvalue weighted by Crippen LogP contribution is 2.32. The molecule has 2 aromatic rings. The van der Waals surface area contributed by atoms with Crippen LogP contribution in [0.4, 0.5) is 13.2 Å². The molecule has 1 heterocycles. The predicted octanol–water partition coefficient (Wildman–Crippen LogP) is 1.84. The third-order valence-electron chi connectivity index (χ3n) is 3.73. The number of aliphatic hydroxyl groups is 1. The van der Waals surface area contributed by atoms with Crippen LogP contribution < -0.4 is 5.32 Å². The molecule has 1 amide bonds. The van der Waals surface area contributed by atoms with Gasteiger partial charge >= 0.3 is 6.18 Å². The minimum absolute atomic E-state index is 0.217. The number of alkyl halides is 3. The second-order valence-electron chi connectivity index (χ2n) is 5.81. The number of tetrazole rings is 1. The van der Waals surface area contributed by atoms with Gasteiger partial charge in [0.05, 0.1) is 17.0 Å². The molecular formula is C14H15ClF3N5O2. The van der Waals surface area contributed by atoms with Crippen LogP contribution in [-0.4, -0.2) is 50.5 Å². The van der Waals surface area contributed by atoms with E-state index in [1.54, 1.807) is 12.1 Å². The zero-order valence-corrected chi connectivity index (χ0v) is 14.0. The van der Waals surface area contributed by atoms with E-state index < -0.39 is 30.1 Å². The molecule has 0 aliphatic carbocycles. The first-order valence-electron chi connectivity index (χ1n) is 7.09. The second-order valence-corrected chi connectivity index (χ2v) is 6.21. The van der Waals surface area contributed by atoms with Gasteiger partial charge in [-0.1, -0.05) is 17.7 Å². The Kier molecular flexibility index (Phi) is 5.33. The molecule has 2 rings (SSSR count). The molecule has 0 radical (unpaired) electrons. The van der Waals surface area contributed by atoms with Crippen molar-refractivity contribution in [2.45, 2.75) is 31.5 Å². The van der Waals surface area contributed by atoms with E-state index in [1.165, 1.54) is 19.9 Å².